The van der Waals surface area contributed by atoms with E-state index in [0.717, 1.165) is 0 Å². The van der Waals surface area contributed by atoms with Crippen molar-refractivity contribution < 1.29 is 9.90 Å². The van der Waals surface area contributed by atoms with E-state index in [4.69, 9.17) is 5.11 Å². The lowest BCUT2D eigenvalue weighted by Crippen LogP contribution is -2.32. The molecule has 1 saturated heterocycles. The number of carbonyl (C=O) groups is 1. The molecule has 0 bridgehead atoms. The fourth-order valence-electron chi connectivity index (χ4n) is 1.46. The first-order chi connectivity index (χ1) is 5.63. The summed E-state index contributed by atoms with van der Waals surface area (Å²) in [5, 5.41) is 9.07. The van der Waals surface area contributed by atoms with Gasteiger partial charge in [-0.15, -0.1) is 6.58 Å². The first kappa shape index (κ1) is 9.26. The van der Waals surface area contributed by atoms with Gasteiger partial charge in [-0.3, -0.25) is 4.79 Å². The van der Waals surface area contributed by atoms with Gasteiger partial charge in [0.1, 0.15) is 0 Å². The Kier molecular flexibility index (Phi) is 2.87. The molecule has 0 aliphatic carbocycles. The van der Waals surface area contributed by atoms with Crippen LogP contribution in [-0.2, 0) is 4.79 Å². The van der Waals surface area contributed by atoms with Crippen molar-refractivity contribution in [2.45, 2.75) is 19.4 Å². The summed E-state index contributed by atoms with van der Waals surface area (Å²) in [5.74, 6) is 0.400. The van der Waals surface area contributed by atoms with Crippen molar-refractivity contribution in [3.8, 4) is 0 Å². The molecule has 1 aliphatic heterocycles. The van der Waals surface area contributed by atoms with Gasteiger partial charge in [0, 0.05) is 25.4 Å². The molecule has 1 amide bonds. The Balaban J connectivity index is 2.46. The Hall–Kier alpha value is -0.830. The van der Waals surface area contributed by atoms with Crippen molar-refractivity contribution >= 4 is 5.91 Å². The zero-order valence-electron chi connectivity index (χ0n) is 7.36. The molecule has 0 radical (unpaired) electrons. The molecule has 0 aromatic heterocycles. The van der Waals surface area contributed by atoms with Crippen molar-refractivity contribution in [2.24, 2.45) is 5.92 Å². The molecule has 3 nitrogen and oxygen atoms in total. The van der Waals surface area contributed by atoms with E-state index < -0.39 is 6.10 Å². The summed E-state index contributed by atoms with van der Waals surface area (Å²) in [4.78, 5) is 12.9. The number of hydrogen-bond donors (Lipinski definition) is 1. The second kappa shape index (κ2) is 3.72. The highest BCUT2D eigenvalue weighted by molar-refractivity contribution is 5.79. The van der Waals surface area contributed by atoms with Gasteiger partial charge < -0.3 is 10.0 Å². The first-order valence-electron chi connectivity index (χ1n) is 4.22. The normalized spacial score (nSPS) is 26.0. The molecule has 0 aromatic carbocycles. The van der Waals surface area contributed by atoms with Crippen molar-refractivity contribution in [3.63, 3.8) is 0 Å². The average Bonchev–Trinajstić information content (AvgIpc) is 2.31. The fraction of sp³-hybridized carbons (Fsp3) is 0.667. The van der Waals surface area contributed by atoms with Gasteiger partial charge in [0.2, 0.25) is 5.91 Å². The van der Waals surface area contributed by atoms with Crippen molar-refractivity contribution in [3.05, 3.63) is 12.7 Å². The van der Waals surface area contributed by atoms with Crippen LogP contribution in [0, 0.1) is 5.92 Å². The van der Waals surface area contributed by atoms with Crippen molar-refractivity contribution in [1.82, 2.24) is 4.90 Å². The van der Waals surface area contributed by atoms with Crippen LogP contribution in [0.3, 0.4) is 0 Å². The van der Waals surface area contributed by atoms with E-state index in [9.17, 15) is 4.79 Å². The average molecular weight is 169 g/mol. The van der Waals surface area contributed by atoms with Crippen LogP contribution in [0.25, 0.3) is 0 Å². The Labute approximate surface area is 72.7 Å². The molecule has 3 heteroatoms. The topological polar surface area (TPSA) is 40.5 Å². The van der Waals surface area contributed by atoms with E-state index in [-0.39, 0.29) is 11.8 Å². The van der Waals surface area contributed by atoms with E-state index in [1.165, 1.54) is 0 Å². The lowest BCUT2D eigenvalue weighted by atomic mass is 10.1. The van der Waals surface area contributed by atoms with Crippen LogP contribution in [0.4, 0.5) is 0 Å². The first-order valence-corrected chi connectivity index (χ1v) is 4.22. The molecular formula is C9H15NO2. The standard InChI is InChI=1S/C9H15NO2/c1-3-8-4-9(12)10(6-8)5-7(2)11/h3,7-8,11H,1,4-6H2,2H3/t7-,8?/m0/s1. The number of aliphatic hydroxyl groups is 1. The Morgan fingerprint density at radius 2 is 2.58 bits per heavy atom. The maximum atomic E-state index is 11.2. The maximum Gasteiger partial charge on any atom is 0.223 e. The molecule has 1 unspecified atom stereocenters. The lowest BCUT2D eigenvalue weighted by Gasteiger charge is -2.17. The van der Waals surface area contributed by atoms with Crippen LogP contribution >= 0.6 is 0 Å². The number of carbonyl (C=O) groups excluding carboxylic acids is 1. The highest BCUT2D eigenvalue weighted by Crippen LogP contribution is 2.18. The van der Waals surface area contributed by atoms with Gasteiger partial charge >= 0.3 is 0 Å². The molecule has 1 aliphatic rings. The van der Waals surface area contributed by atoms with E-state index in [1.807, 2.05) is 0 Å². The molecule has 0 aromatic rings. The molecule has 2 atom stereocenters. The van der Waals surface area contributed by atoms with Crippen LogP contribution in [0.15, 0.2) is 12.7 Å². The minimum Gasteiger partial charge on any atom is -0.392 e. The molecule has 0 spiro atoms. The van der Waals surface area contributed by atoms with Gasteiger partial charge in [-0.1, -0.05) is 6.08 Å². The number of aliphatic hydroxyl groups excluding tert-OH is 1. The fourth-order valence-corrected chi connectivity index (χ4v) is 1.46. The quantitative estimate of drug-likeness (QED) is 0.621. The Morgan fingerprint density at radius 1 is 1.92 bits per heavy atom. The largest absolute Gasteiger partial charge is 0.392 e. The predicted molar refractivity (Wildman–Crippen MR) is 46.6 cm³/mol. The summed E-state index contributed by atoms with van der Waals surface area (Å²) in [6.07, 6.45) is 1.92. The molecule has 1 rings (SSSR count). The summed E-state index contributed by atoms with van der Waals surface area (Å²) in [6, 6.07) is 0. The summed E-state index contributed by atoms with van der Waals surface area (Å²) >= 11 is 0. The van der Waals surface area contributed by atoms with Gasteiger partial charge in [-0.05, 0) is 6.92 Å². The number of hydrogen-bond acceptors (Lipinski definition) is 2. The van der Waals surface area contributed by atoms with E-state index in [0.29, 0.717) is 19.5 Å². The third-order valence-corrected chi connectivity index (χ3v) is 2.06. The number of nitrogens with zero attached hydrogens (tertiary/aromatic N) is 1. The van der Waals surface area contributed by atoms with Gasteiger partial charge in [-0.2, -0.15) is 0 Å². The van der Waals surface area contributed by atoms with Gasteiger partial charge in [0.15, 0.2) is 0 Å². The highest BCUT2D eigenvalue weighted by atomic mass is 16.3. The van der Waals surface area contributed by atoms with Crippen LogP contribution in [0.2, 0.25) is 0 Å². The van der Waals surface area contributed by atoms with Crippen molar-refractivity contribution in [2.75, 3.05) is 13.1 Å². The van der Waals surface area contributed by atoms with E-state index in [2.05, 4.69) is 6.58 Å². The molecule has 1 heterocycles. The maximum absolute atomic E-state index is 11.2. The number of rotatable bonds is 3. The monoisotopic (exact) mass is 169 g/mol. The number of β-amino-alcohol motifs (C(OH)–C–C–N with tert-alkyl or cyclic N) is 1. The smallest absolute Gasteiger partial charge is 0.223 e. The van der Waals surface area contributed by atoms with Crippen LogP contribution in [0.5, 0.6) is 0 Å². The molecular weight excluding hydrogens is 154 g/mol. The SMILES string of the molecule is C=CC1CC(=O)N(C[C@H](C)O)C1. The van der Waals surface area contributed by atoms with Gasteiger partial charge in [0.25, 0.3) is 0 Å². The van der Waals surface area contributed by atoms with Crippen molar-refractivity contribution in [1.29, 1.82) is 0 Å². The highest BCUT2D eigenvalue weighted by Gasteiger charge is 2.27. The van der Waals surface area contributed by atoms with Crippen LogP contribution in [-0.4, -0.2) is 35.1 Å². The van der Waals surface area contributed by atoms with Crippen LogP contribution in [0.1, 0.15) is 13.3 Å². The molecule has 1 fully saturated rings. The van der Waals surface area contributed by atoms with Gasteiger partial charge in [0.05, 0.1) is 6.10 Å². The third kappa shape index (κ3) is 2.08. The van der Waals surface area contributed by atoms with E-state index in [1.54, 1.807) is 17.9 Å². The molecule has 12 heavy (non-hydrogen) atoms. The van der Waals surface area contributed by atoms with E-state index >= 15 is 0 Å². The number of likely N-dealkylation sites (tertiary alicyclic amines) is 1. The Morgan fingerprint density at radius 3 is 3.00 bits per heavy atom. The second-order valence-corrected chi connectivity index (χ2v) is 3.35. The molecule has 68 valence electrons. The molecule has 0 saturated carbocycles. The summed E-state index contributed by atoms with van der Waals surface area (Å²) in [5.41, 5.74) is 0. The zero-order valence-corrected chi connectivity index (χ0v) is 7.36. The van der Waals surface area contributed by atoms with Crippen LogP contribution < -0.4 is 0 Å². The number of amides is 1. The summed E-state index contributed by atoms with van der Waals surface area (Å²) < 4.78 is 0. The zero-order chi connectivity index (χ0) is 9.14. The summed E-state index contributed by atoms with van der Waals surface area (Å²) in [7, 11) is 0. The predicted octanol–water partition coefficient (Wildman–Crippen LogP) is 0.402. The Bertz CT molecular complexity index is 189. The minimum absolute atomic E-state index is 0.126. The minimum atomic E-state index is -0.433. The third-order valence-electron chi connectivity index (χ3n) is 2.06. The lowest BCUT2D eigenvalue weighted by molar-refractivity contribution is -0.128. The van der Waals surface area contributed by atoms with Gasteiger partial charge in [-0.25, -0.2) is 0 Å². The molecule has 1 N–H and O–H groups in total. The summed E-state index contributed by atoms with van der Waals surface area (Å²) in [6.45, 7) is 6.50. The second-order valence-electron chi connectivity index (χ2n) is 3.35.